The molecule has 0 unspecified atom stereocenters. The lowest BCUT2D eigenvalue weighted by Crippen LogP contribution is -2.46. The Morgan fingerprint density at radius 1 is 0.968 bits per heavy atom. The highest BCUT2D eigenvalue weighted by Gasteiger charge is 2.18. The Hall–Kier alpha value is -3.51. The average molecular weight is 415 g/mol. The SMILES string of the molecule is CCc1ccccc1NC(=O)c1cncc(-c2ccc(C(=O)N3CCNCC3)cc2)c1. The minimum absolute atomic E-state index is 0.0499. The van der Waals surface area contributed by atoms with Crippen LogP contribution in [0.1, 0.15) is 33.2 Å². The van der Waals surface area contributed by atoms with Crippen LogP contribution in [0.4, 0.5) is 5.69 Å². The number of hydrogen-bond donors (Lipinski definition) is 2. The lowest BCUT2D eigenvalue weighted by molar-refractivity contribution is 0.0735. The monoisotopic (exact) mass is 414 g/mol. The fourth-order valence-electron chi connectivity index (χ4n) is 3.72. The third kappa shape index (κ3) is 4.81. The number of rotatable bonds is 5. The Labute approximate surface area is 182 Å². The summed E-state index contributed by atoms with van der Waals surface area (Å²) in [5.41, 5.74) is 4.81. The molecule has 1 fully saturated rings. The number of nitrogens with zero attached hydrogens (tertiary/aromatic N) is 2. The van der Waals surface area contributed by atoms with Gasteiger partial charge in [0.05, 0.1) is 5.56 Å². The van der Waals surface area contributed by atoms with Gasteiger partial charge in [0.15, 0.2) is 0 Å². The number of anilines is 1. The van der Waals surface area contributed by atoms with E-state index in [-0.39, 0.29) is 11.8 Å². The van der Waals surface area contributed by atoms with Crippen molar-refractivity contribution < 1.29 is 9.59 Å². The zero-order chi connectivity index (χ0) is 21.6. The van der Waals surface area contributed by atoms with Gasteiger partial charge in [0, 0.05) is 55.4 Å². The highest BCUT2D eigenvalue weighted by atomic mass is 16.2. The van der Waals surface area contributed by atoms with E-state index in [4.69, 9.17) is 0 Å². The number of pyridine rings is 1. The number of aryl methyl sites for hydroxylation is 1. The Morgan fingerprint density at radius 3 is 2.45 bits per heavy atom. The van der Waals surface area contributed by atoms with Crippen LogP contribution in [0.2, 0.25) is 0 Å². The van der Waals surface area contributed by atoms with Crippen molar-refractivity contribution >= 4 is 17.5 Å². The van der Waals surface area contributed by atoms with Crippen LogP contribution in [0, 0.1) is 0 Å². The maximum Gasteiger partial charge on any atom is 0.257 e. The lowest BCUT2D eigenvalue weighted by atomic mass is 10.0. The van der Waals surface area contributed by atoms with Crippen LogP contribution in [-0.4, -0.2) is 47.9 Å². The first-order valence-corrected chi connectivity index (χ1v) is 10.6. The molecule has 2 amide bonds. The average Bonchev–Trinajstić information content (AvgIpc) is 2.84. The quantitative estimate of drug-likeness (QED) is 0.669. The van der Waals surface area contributed by atoms with Gasteiger partial charge in [-0.3, -0.25) is 14.6 Å². The van der Waals surface area contributed by atoms with E-state index in [0.29, 0.717) is 11.1 Å². The highest BCUT2D eigenvalue weighted by molar-refractivity contribution is 6.05. The van der Waals surface area contributed by atoms with Crippen molar-refractivity contribution in [2.75, 3.05) is 31.5 Å². The maximum absolute atomic E-state index is 12.8. The van der Waals surface area contributed by atoms with Gasteiger partial charge in [-0.15, -0.1) is 0 Å². The molecule has 0 aliphatic carbocycles. The standard InChI is InChI=1S/C25H26N4O2/c1-2-18-5-3-4-6-23(18)28-24(30)22-15-21(16-27-17-22)19-7-9-20(10-8-19)25(31)29-13-11-26-12-14-29/h3-10,15-17,26H,2,11-14H2,1H3,(H,28,30). The first-order chi connectivity index (χ1) is 15.2. The molecule has 0 radical (unpaired) electrons. The minimum Gasteiger partial charge on any atom is -0.336 e. The highest BCUT2D eigenvalue weighted by Crippen LogP contribution is 2.22. The first kappa shape index (κ1) is 20.8. The summed E-state index contributed by atoms with van der Waals surface area (Å²) in [5.74, 6) is -0.144. The number of hydrogen-bond acceptors (Lipinski definition) is 4. The Balaban J connectivity index is 1.50. The number of carbonyl (C=O) groups is 2. The first-order valence-electron chi connectivity index (χ1n) is 10.6. The molecular formula is C25H26N4O2. The van der Waals surface area contributed by atoms with Crippen molar-refractivity contribution in [3.63, 3.8) is 0 Å². The Kier molecular flexibility index (Phi) is 6.38. The lowest BCUT2D eigenvalue weighted by Gasteiger charge is -2.27. The number of benzene rings is 2. The summed E-state index contributed by atoms with van der Waals surface area (Å²) in [6.07, 6.45) is 4.13. The van der Waals surface area contributed by atoms with E-state index < -0.39 is 0 Å². The summed E-state index contributed by atoms with van der Waals surface area (Å²) in [6.45, 7) is 5.16. The topological polar surface area (TPSA) is 74.3 Å². The molecule has 0 bridgehead atoms. The van der Waals surface area contributed by atoms with Crippen molar-refractivity contribution in [3.05, 3.63) is 83.7 Å². The Morgan fingerprint density at radius 2 is 1.71 bits per heavy atom. The predicted octanol–water partition coefficient (Wildman–Crippen LogP) is 3.61. The van der Waals surface area contributed by atoms with Gasteiger partial charge in [-0.05, 0) is 41.8 Å². The van der Waals surface area contributed by atoms with Gasteiger partial charge in [-0.25, -0.2) is 0 Å². The van der Waals surface area contributed by atoms with E-state index in [1.54, 1.807) is 12.4 Å². The van der Waals surface area contributed by atoms with Crippen LogP contribution in [0.3, 0.4) is 0 Å². The molecule has 3 aromatic rings. The van der Waals surface area contributed by atoms with Crippen molar-refractivity contribution in [3.8, 4) is 11.1 Å². The number of carbonyl (C=O) groups excluding carboxylic acids is 2. The molecule has 0 atom stereocenters. The van der Waals surface area contributed by atoms with Crippen molar-refractivity contribution in [2.45, 2.75) is 13.3 Å². The van der Waals surface area contributed by atoms with Gasteiger partial charge in [0.1, 0.15) is 0 Å². The molecular weight excluding hydrogens is 388 g/mol. The van der Waals surface area contributed by atoms with Crippen molar-refractivity contribution in [2.24, 2.45) is 0 Å². The summed E-state index contributed by atoms with van der Waals surface area (Å²) in [7, 11) is 0. The molecule has 2 N–H and O–H groups in total. The second kappa shape index (κ2) is 9.53. The molecule has 0 saturated carbocycles. The van der Waals surface area contributed by atoms with Gasteiger partial charge in [0.2, 0.25) is 0 Å². The molecule has 1 aromatic heterocycles. The minimum atomic E-state index is -0.194. The third-order valence-corrected chi connectivity index (χ3v) is 5.52. The van der Waals surface area contributed by atoms with Crippen molar-refractivity contribution in [1.29, 1.82) is 0 Å². The van der Waals surface area contributed by atoms with Crippen LogP contribution < -0.4 is 10.6 Å². The van der Waals surface area contributed by atoms with E-state index in [0.717, 1.165) is 55.0 Å². The number of piperazine rings is 1. The second-order valence-electron chi connectivity index (χ2n) is 7.55. The molecule has 1 aliphatic rings. The molecule has 2 heterocycles. The molecule has 6 nitrogen and oxygen atoms in total. The Bertz CT molecular complexity index is 1070. The summed E-state index contributed by atoms with van der Waals surface area (Å²) >= 11 is 0. The van der Waals surface area contributed by atoms with E-state index in [9.17, 15) is 9.59 Å². The van der Waals surface area contributed by atoms with E-state index in [1.807, 2.05) is 59.5 Å². The number of para-hydroxylation sites is 1. The third-order valence-electron chi connectivity index (χ3n) is 5.52. The van der Waals surface area contributed by atoms with Gasteiger partial charge in [-0.2, -0.15) is 0 Å². The van der Waals surface area contributed by atoms with E-state index >= 15 is 0 Å². The molecule has 2 aromatic carbocycles. The van der Waals surface area contributed by atoms with Crippen LogP contribution in [0.15, 0.2) is 67.0 Å². The van der Waals surface area contributed by atoms with Gasteiger partial charge >= 0.3 is 0 Å². The molecule has 1 aliphatic heterocycles. The normalized spacial score (nSPS) is 13.6. The number of amides is 2. The van der Waals surface area contributed by atoms with Crippen LogP contribution >= 0.6 is 0 Å². The molecule has 1 saturated heterocycles. The predicted molar refractivity (Wildman–Crippen MR) is 122 cm³/mol. The van der Waals surface area contributed by atoms with E-state index in [2.05, 4.69) is 22.5 Å². The van der Waals surface area contributed by atoms with E-state index in [1.165, 1.54) is 0 Å². The van der Waals surface area contributed by atoms with Crippen LogP contribution in [-0.2, 0) is 6.42 Å². The maximum atomic E-state index is 12.8. The molecule has 0 spiro atoms. The molecule has 31 heavy (non-hydrogen) atoms. The number of nitrogens with one attached hydrogen (secondary N) is 2. The van der Waals surface area contributed by atoms with Gasteiger partial charge in [0.25, 0.3) is 11.8 Å². The zero-order valence-electron chi connectivity index (χ0n) is 17.6. The molecule has 158 valence electrons. The summed E-state index contributed by atoms with van der Waals surface area (Å²) < 4.78 is 0. The summed E-state index contributed by atoms with van der Waals surface area (Å²) in [5, 5.41) is 6.24. The van der Waals surface area contributed by atoms with Crippen LogP contribution in [0.5, 0.6) is 0 Å². The largest absolute Gasteiger partial charge is 0.336 e. The van der Waals surface area contributed by atoms with Gasteiger partial charge < -0.3 is 15.5 Å². The summed E-state index contributed by atoms with van der Waals surface area (Å²) in [4.78, 5) is 31.5. The summed E-state index contributed by atoms with van der Waals surface area (Å²) in [6, 6.07) is 17.1. The van der Waals surface area contributed by atoms with Crippen molar-refractivity contribution in [1.82, 2.24) is 15.2 Å². The second-order valence-corrected chi connectivity index (χ2v) is 7.55. The fraction of sp³-hybridized carbons (Fsp3) is 0.240. The molecule has 4 rings (SSSR count). The fourth-order valence-corrected chi connectivity index (χ4v) is 3.72. The molecule has 6 heteroatoms. The smallest absolute Gasteiger partial charge is 0.257 e. The van der Waals surface area contributed by atoms with Crippen LogP contribution in [0.25, 0.3) is 11.1 Å². The zero-order valence-corrected chi connectivity index (χ0v) is 17.6. The van der Waals surface area contributed by atoms with Gasteiger partial charge in [-0.1, -0.05) is 37.3 Å². The number of aromatic nitrogens is 1.